The molecule has 4 N–H and O–H groups in total. The maximum absolute atomic E-state index is 12.7. The molecule has 6 nitrogen and oxygen atoms in total. The number of carbonyl (C=O) groups excluding carboxylic acids is 1. The molecule has 1 aromatic heterocycles. The zero-order valence-electron chi connectivity index (χ0n) is 11.3. The Morgan fingerprint density at radius 2 is 2.19 bits per heavy atom. The van der Waals surface area contributed by atoms with E-state index in [2.05, 4.69) is 10.3 Å². The lowest BCUT2D eigenvalue weighted by Crippen LogP contribution is -2.29. The second kappa shape index (κ2) is 7.23. The van der Waals surface area contributed by atoms with Crippen molar-refractivity contribution in [1.29, 1.82) is 0 Å². The normalized spacial score (nSPS) is 13.0. The SMILES string of the molecule is COCC(CCO)Nc1nc(C(F)(F)F)ccc1C(N)=O. The summed E-state index contributed by atoms with van der Waals surface area (Å²) in [5.74, 6) is -1.19. The topological polar surface area (TPSA) is 97.5 Å². The van der Waals surface area contributed by atoms with E-state index in [0.717, 1.165) is 6.07 Å². The van der Waals surface area contributed by atoms with E-state index < -0.39 is 23.8 Å². The third-order valence-electron chi connectivity index (χ3n) is 2.64. The summed E-state index contributed by atoms with van der Waals surface area (Å²) < 4.78 is 42.9. The predicted octanol–water partition coefficient (Wildman–Crippen LogP) is 1.01. The van der Waals surface area contributed by atoms with Crippen LogP contribution in [0.2, 0.25) is 0 Å². The summed E-state index contributed by atoms with van der Waals surface area (Å²) in [5, 5.41) is 11.6. The van der Waals surface area contributed by atoms with E-state index in [-0.39, 0.29) is 31.0 Å². The van der Waals surface area contributed by atoms with Crippen molar-refractivity contribution in [3.05, 3.63) is 23.4 Å². The van der Waals surface area contributed by atoms with E-state index >= 15 is 0 Å². The molecular weight excluding hydrogens is 291 g/mol. The van der Waals surface area contributed by atoms with Gasteiger partial charge in [-0.3, -0.25) is 4.79 Å². The van der Waals surface area contributed by atoms with Crippen LogP contribution in [0.4, 0.5) is 19.0 Å². The number of aromatic nitrogens is 1. The standard InChI is InChI=1S/C12H16F3N3O3/c1-21-6-7(4-5-19)17-11-8(10(16)20)2-3-9(18-11)12(13,14)15/h2-3,7,19H,4-6H2,1H3,(H2,16,20)(H,17,18). The first kappa shape index (κ1) is 17.2. The summed E-state index contributed by atoms with van der Waals surface area (Å²) in [5.41, 5.74) is 3.81. The van der Waals surface area contributed by atoms with Crippen molar-refractivity contribution in [2.45, 2.75) is 18.6 Å². The highest BCUT2D eigenvalue weighted by atomic mass is 19.4. The molecule has 0 bridgehead atoms. The fourth-order valence-electron chi connectivity index (χ4n) is 1.67. The van der Waals surface area contributed by atoms with Gasteiger partial charge < -0.3 is 20.9 Å². The molecule has 0 spiro atoms. The fraction of sp³-hybridized carbons (Fsp3) is 0.500. The van der Waals surface area contributed by atoms with E-state index in [1.54, 1.807) is 0 Å². The highest BCUT2D eigenvalue weighted by Crippen LogP contribution is 2.29. The van der Waals surface area contributed by atoms with Gasteiger partial charge in [0.1, 0.15) is 11.5 Å². The summed E-state index contributed by atoms with van der Waals surface area (Å²) >= 11 is 0. The lowest BCUT2D eigenvalue weighted by molar-refractivity contribution is -0.141. The molecule has 1 aromatic rings. The zero-order valence-corrected chi connectivity index (χ0v) is 11.3. The minimum atomic E-state index is -4.64. The van der Waals surface area contributed by atoms with E-state index in [1.807, 2.05) is 0 Å². The number of nitrogens with one attached hydrogen (secondary N) is 1. The minimum absolute atomic E-state index is 0.122. The third kappa shape index (κ3) is 4.87. The number of carbonyl (C=O) groups is 1. The molecule has 1 rings (SSSR count). The lowest BCUT2D eigenvalue weighted by atomic mass is 10.1. The Morgan fingerprint density at radius 3 is 2.67 bits per heavy atom. The average molecular weight is 307 g/mol. The number of halogens is 3. The van der Waals surface area contributed by atoms with Crippen LogP contribution in [-0.4, -0.2) is 42.4 Å². The Balaban J connectivity index is 3.13. The van der Waals surface area contributed by atoms with Gasteiger partial charge in [0.15, 0.2) is 0 Å². The Hall–Kier alpha value is -1.87. The number of ether oxygens (including phenoxy) is 1. The van der Waals surface area contributed by atoms with Crippen LogP contribution in [-0.2, 0) is 10.9 Å². The maximum atomic E-state index is 12.7. The van der Waals surface area contributed by atoms with Crippen molar-refractivity contribution >= 4 is 11.7 Å². The van der Waals surface area contributed by atoms with Crippen molar-refractivity contribution in [3.8, 4) is 0 Å². The van der Waals surface area contributed by atoms with Crippen LogP contribution in [0.5, 0.6) is 0 Å². The molecule has 9 heteroatoms. The van der Waals surface area contributed by atoms with Gasteiger partial charge in [-0.2, -0.15) is 13.2 Å². The molecule has 1 unspecified atom stereocenters. The number of methoxy groups -OCH3 is 1. The Morgan fingerprint density at radius 1 is 1.52 bits per heavy atom. The molecule has 0 aromatic carbocycles. The number of hydrogen-bond acceptors (Lipinski definition) is 5. The first-order valence-electron chi connectivity index (χ1n) is 6.04. The van der Waals surface area contributed by atoms with Crippen LogP contribution in [0, 0.1) is 0 Å². The smallest absolute Gasteiger partial charge is 0.396 e. The molecule has 1 atom stereocenters. The van der Waals surface area contributed by atoms with Crippen LogP contribution < -0.4 is 11.1 Å². The van der Waals surface area contributed by atoms with Gasteiger partial charge in [0.05, 0.1) is 18.2 Å². The zero-order chi connectivity index (χ0) is 16.0. The van der Waals surface area contributed by atoms with Gasteiger partial charge in [-0.05, 0) is 18.6 Å². The highest BCUT2D eigenvalue weighted by Gasteiger charge is 2.33. The van der Waals surface area contributed by atoms with Gasteiger partial charge in [0, 0.05) is 13.7 Å². The molecule has 0 fully saturated rings. The van der Waals surface area contributed by atoms with Gasteiger partial charge in [0.25, 0.3) is 5.91 Å². The Labute approximate surface area is 119 Å². The van der Waals surface area contributed by atoms with Gasteiger partial charge >= 0.3 is 6.18 Å². The van der Waals surface area contributed by atoms with Gasteiger partial charge in [-0.15, -0.1) is 0 Å². The number of amides is 1. The molecule has 0 radical (unpaired) electrons. The maximum Gasteiger partial charge on any atom is 0.433 e. The van der Waals surface area contributed by atoms with E-state index in [1.165, 1.54) is 7.11 Å². The van der Waals surface area contributed by atoms with Crippen LogP contribution in [0.15, 0.2) is 12.1 Å². The van der Waals surface area contributed by atoms with Crippen LogP contribution >= 0.6 is 0 Å². The van der Waals surface area contributed by atoms with Crippen molar-refractivity contribution < 1.29 is 27.8 Å². The minimum Gasteiger partial charge on any atom is -0.396 e. The second-order valence-corrected chi connectivity index (χ2v) is 4.26. The summed E-state index contributed by atoms with van der Waals surface area (Å²) in [7, 11) is 1.40. The van der Waals surface area contributed by atoms with Crippen LogP contribution in [0.25, 0.3) is 0 Å². The molecule has 1 heterocycles. The number of alkyl halides is 3. The molecule has 0 saturated carbocycles. The molecule has 0 aliphatic heterocycles. The number of pyridine rings is 1. The summed E-state index contributed by atoms with van der Waals surface area (Å²) in [6.45, 7) is -0.0808. The van der Waals surface area contributed by atoms with Crippen molar-refractivity contribution in [3.63, 3.8) is 0 Å². The number of rotatable bonds is 7. The molecule has 21 heavy (non-hydrogen) atoms. The summed E-state index contributed by atoms with van der Waals surface area (Å²) in [6, 6.07) is 1.14. The monoisotopic (exact) mass is 307 g/mol. The highest BCUT2D eigenvalue weighted by molar-refractivity contribution is 5.97. The number of primary amides is 1. The van der Waals surface area contributed by atoms with Crippen molar-refractivity contribution in [2.75, 3.05) is 25.6 Å². The molecular formula is C12H16F3N3O3. The average Bonchev–Trinajstić information content (AvgIpc) is 2.38. The number of nitrogens with two attached hydrogens (primary N) is 1. The number of aliphatic hydroxyl groups is 1. The van der Waals surface area contributed by atoms with Crippen LogP contribution in [0.1, 0.15) is 22.5 Å². The van der Waals surface area contributed by atoms with Gasteiger partial charge in [-0.25, -0.2) is 4.98 Å². The quantitative estimate of drug-likeness (QED) is 0.698. The molecule has 1 amide bonds. The molecule has 0 saturated heterocycles. The third-order valence-corrected chi connectivity index (χ3v) is 2.64. The molecule has 0 aliphatic rings. The number of hydrogen-bond donors (Lipinski definition) is 3. The van der Waals surface area contributed by atoms with E-state index in [0.29, 0.717) is 6.07 Å². The predicted molar refractivity (Wildman–Crippen MR) is 68.7 cm³/mol. The lowest BCUT2D eigenvalue weighted by Gasteiger charge is -2.19. The van der Waals surface area contributed by atoms with E-state index in [9.17, 15) is 18.0 Å². The number of nitrogens with zero attached hydrogens (tertiary/aromatic N) is 1. The first-order chi connectivity index (χ1) is 9.79. The molecule has 118 valence electrons. The van der Waals surface area contributed by atoms with Gasteiger partial charge in [-0.1, -0.05) is 0 Å². The first-order valence-corrected chi connectivity index (χ1v) is 6.04. The fourth-order valence-corrected chi connectivity index (χ4v) is 1.67. The largest absolute Gasteiger partial charge is 0.433 e. The summed E-state index contributed by atoms with van der Waals surface area (Å²) in [6.07, 6.45) is -4.43. The Bertz CT molecular complexity index is 488. The van der Waals surface area contributed by atoms with Crippen LogP contribution in [0.3, 0.4) is 0 Å². The summed E-state index contributed by atoms with van der Waals surface area (Å²) in [4.78, 5) is 14.7. The van der Waals surface area contributed by atoms with Crippen molar-refractivity contribution in [1.82, 2.24) is 4.98 Å². The van der Waals surface area contributed by atoms with E-state index in [4.69, 9.17) is 15.6 Å². The van der Waals surface area contributed by atoms with Crippen molar-refractivity contribution in [2.24, 2.45) is 5.73 Å². The number of anilines is 1. The Kier molecular flexibility index (Phi) is 5.91. The van der Waals surface area contributed by atoms with Gasteiger partial charge in [0.2, 0.25) is 0 Å². The second-order valence-electron chi connectivity index (χ2n) is 4.26. The molecule has 0 aliphatic carbocycles. The number of aliphatic hydroxyl groups excluding tert-OH is 1.